The van der Waals surface area contributed by atoms with E-state index in [1.54, 1.807) is 38.2 Å². The molecule has 0 spiro atoms. The first-order chi connectivity index (χ1) is 13.6. The van der Waals surface area contributed by atoms with E-state index in [1.165, 1.54) is 0 Å². The van der Waals surface area contributed by atoms with Crippen LogP contribution < -0.4 is 20.5 Å². The van der Waals surface area contributed by atoms with E-state index in [2.05, 4.69) is 10.3 Å². The second-order valence-corrected chi connectivity index (χ2v) is 8.17. The first kappa shape index (κ1) is 20.9. The predicted molar refractivity (Wildman–Crippen MR) is 108 cm³/mol. The molecular weight excluding hydrogens is 374 g/mol. The number of benzene rings is 1. The molecule has 29 heavy (non-hydrogen) atoms. The second kappa shape index (κ2) is 7.87. The van der Waals surface area contributed by atoms with Crippen LogP contribution in [0.1, 0.15) is 44.5 Å². The molecule has 156 valence electrons. The second-order valence-electron chi connectivity index (χ2n) is 8.17. The molecule has 1 aromatic carbocycles. The van der Waals surface area contributed by atoms with Gasteiger partial charge in [0.25, 0.3) is 5.91 Å². The molecule has 4 N–H and O–H groups in total. The van der Waals surface area contributed by atoms with Gasteiger partial charge < -0.3 is 25.6 Å². The van der Waals surface area contributed by atoms with Gasteiger partial charge in [0, 0.05) is 11.6 Å². The Hall–Kier alpha value is -2.87. The number of nitrogens with zero attached hydrogens (tertiary/aromatic N) is 1. The third kappa shape index (κ3) is 4.59. The summed E-state index contributed by atoms with van der Waals surface area (Å²) >= 11 is 0. The SMILES string of the molecule is CC(C)Oc1cc2c(OC[C@@H]3CC(C(C)(C)O)C(=O)N3)nccc2cc1C(N)=O. The molecule has 2 amide bonds. The minimum atomic E-state index is -1.09. The summed E-state index contributed by atoms with van der Waals surface area (Å²) in [6.07, 6.45) is 1.91. The number of carbonyl (C=O) groups is 2. The highest BCUT2D eigenvalue weighted by molar-refractivity contribution is 6.01. The highest BCUT2D eigenvalue weighted by Gasteiger charge is 2.41. The fourth-order valence-corrected chi connectivity index (χ4v) is 3.48. The summed E-state index contributed by atoms with van der Waals surface area (Å²) in [7, 11) is 0. The van der Waals surface area contributed by atoms with Crippen LogP contribution in [0.2, 0.25) is 0 Å². The van der Waals surface area contributed by atoms with Crippen molar-refractivity contribution in [2.45, 2.75) is 51.9 Å². The van der Waals surface area contributed by atoms with Gasteiger partial charge in [-0.1, -0.05) is 0 Å². The zero-order chi connectivity index (χ0) is 21.3. The van der Waals surface area contributed by atoms with Gasteiger partial charge in [0.15, 0.2) is 0 Å². The van der Waals surface area contributed by atoms with Crippen LogP contribution in [0.15, 0.2) is 24.4 Å². The molecule has 2 aromatic rings. The van der Waals surface area contributed by atoms with Crippen LogP contribution in [0.3, 0.4) is 0 Å². The van der Waals surface area contributed by atoms with Crippen molar-refractivity contribution in [1.82, 2.24) is 10.3 Å². The smallest absolute Gasteiger partial charge is 0.252 e. The van der Waals surface area contributed by atoms with Crippen LogP contribution in [0, 0.1) is 5.92 Å². The van der Waals surface area contributed by atoms with E-state index in [9.17, 15) is 14.7 Å². The Balaban J connectivity index is 1.85. The van der Waals surface area contributed by atoms with Gasteiger partial charge in [0.05, 0.1) is 29.2 Å². The third-order valence-corrected chi connectivity index (χ3v) is 4.91. The first-order valence-electron chi connectivity index (χ1n) is 9.61. The van der Waals surface area contributed by atoms with Gasteiger partial charge in [-0.15, -0.1) is 0 Å². The molecule has 2 heterocycles. The van der Waals surface area contributed by atoms with Gasteiger partial charge >= 0.3 is 0 Å². The van der Waals surface area contributed by atoms with Crippen LogP contribution >= 0.6 is 0 Å². The molecule has 0 aliphatic carbocycles. The molecule has 0 radical (unpaired) electrons. The molecule has 1 unspecified atom stereocenters. The zero-order valence-corrected chi connectivity index (χ0v) is 17.1. The average Bonchev–Trinajstić information content (AvgIpc) is 3.00. The lowest BCUT2D eigenvalue weighted by Crippen LogP contribution is -2.36. The molecule has 3 rings (SSSR count). The van der Waals surface area contributed by atoms with Crippen LogP contribution in [-0.2, 0) is 4.79 Å². The number of amides is 2. The lowest BCUT2D eigenvalue weighted by atomic mass is 9.88. The topological polar surface area (TPSA) is 124 Å². The fraction of sp³-hybridized carbons (Fsp3) is 0.476. The lowest BCUT2D eigenvalue weighted by molar-refractivity contribution is -0.128. The van der Waals surface area contributed by atoms with E-state index in [1.807, 2.05) is 13.8 Å². The molecule has 1 fully saturated rings. The highest BCUT2D eigenvalue weighted by Crippen LogP contribution is 2.32. The molecule has 1 aliphatic rings. The Kier molecular flexibility index (Phi) is 5.66. The highest BCUT2D eigenvalue weighted by atomic mass is 16.5. The van der Waals surface area contributed by atoms with E-state index >= 15 is 0 Å². The van der Waals surface area contributed by atoms with Gasteiger partial charge in [0.1, 0.15) is 12.4 Å². The number of ether oxygens (including phenoxy) is 2. The maximum absolute atomic E-state index is 12.1. The number of fused-ring (bicyclic) bond motifs is 1. The average molecular weight is 401 g/mol. The third-order valence-electron chi connectivity index (χ3n) is 4.91. The summed E-state index contributed by atoms with van der Waals surface area (Å²) < 4.78 is 11.6. The van der Waals surface area contributed by atoms with E-state index in [-0.39, 0.29) is 24.7 Å². The number of hydrogen-bond donors (Lipinski definition) is 3. The standard InChI is InChI=1S/C21H27N3O5/c1-11(2)29-17-9-14-12(7-15(17)18(22)25)5-6-23-20(14)28-10-13-8-16(19(26)24-13)21(3,4)27/h5-7,9,11,13,16,27H,8,10H2,1-4H3,(H2,22,25)(H,24,26)/t13-,16?/m0/s1. The molecule has 8 nitrogen and oxygen atoms in total. The van der Waals surface area contributed by atoms with Crippen molar-refractivity contribution in [3.8, 4) is 11.6 Å². The van der Waals surface area contributed by atoms with Crippen molar-refractivity contribution in [3.63, 3.8) is 0 Å². The molecule has 8 heteroatoms. The Labute approximate surface area is 169 Å². The molecule has 1 aliphatic heterocycles. The number of rotatable bonds is 7. The largest absolute Gasteiger partial charge is 0.490 e. The maximum Gasteiger partial charge on any atom is 0.252 e. The van der Waals surface area contributed by atoms with Crippen molar-refractivity contribution in [2.75, 3.05) is 6.61 Å². The van der Waals surface area contributed by atoms with Crippen molar-refractivity contribution < 1.29 is 24.2 Å². The van der Waals surface area contributed by atoms with Gasteiger partial charge in [-0.2, -0.15) is 0 Å². The summed E-state index contributed by atoms with van der Waals surface area (Å²) in [5.41, 5.74) is 4.69. The normalized spacial score (nSPS) is 19.4. The Morgan fingerprint density at radius 2 is 2.14 bits per heavy atom. The Morgan fingerprint density at radius 3 is 2.72 bits per heavy atom. The zero-order valence-electron chi connectivity index (χ0n) is 17.1. The molecule has 1 aromatic heterocycles. The fourth-order valence-electron chi connectivity index (χ4n) is 3.48. The van der Waals surface area contributed by atoms with E-state index in [0.717, 1.165) is 5.39 Å². The number of hydrogen-bond acceptors (Lipinski definition) is 6. The summed E-state index contributed by atoms with van der Waals surface area (Å²) in [4.78, 5) is 28.2. The van der Waals surface area contributed by atoms with Gasteiger partial charge in [-0.25, -0.2) is 4.98 Å². The van der Waals surface area contributed by atoms with E-state index in [4.69, 9.17) is 15.2 Å². The minimum absolute atomic E-state index is 0.140. The van der Waals surface area contributed by atoms with E-state index < -0.39 is 17.4 Å². The number of nitrogens with one attached hydrogen (secondary N) is 1. The van der Waals surface area contributed by atoms with Gasteiger partial charge in [-0.05, 0) is 57.7 Å². The summed E-state index contributed by atoms with van der Waals surface area (Å²) in [5.74, 6) is -0.508. The first-order valence-corrected chi connectivity index (χ1v) is 9.61. The molecule has 0 saturated carbocycles. The quantitative estimate of drug-likeness (QED) is 0.650. The van der Waals surface area contributed by atoms with Crippen molar-refractivity contribution >= 4 is 22.6 Å². The number of aliphatic hydroxyl groups is 1. The number of primary amides is 1. The Morgan fingerprint density at radius 1 is 1.41 bits per heavy atom. The monoisotopic (exact) mass is 401 g/mol. The molecule has 1 saturated heterocycles. The lowest BCUT2D eigenvalue weighted by Gasteiger charge is -2.22. The van der Waals surface area contributed by atoms with E-state index in [0.29, 0.717) is 29.0 Å². The van der Waals surface area contributed by atoms with Crippen LogP contribution in [0.5, 0.6) is 11.6 Å². The van der Waals surface area contributed by atoms with Gasteiger partial charge in [0.2, 0.25) is 11.8 Å². The van der Waals surface area contributed by atoms with Crippen molar-refractivity contribution in [3.05, 3.63) is 30.0 Å². The number of carbonyl (C=O) groups excluding carboxylic acids is 2. The number of aromatic nitrogens is 1. The summed E-state index contributed by atoms with van der Waals surface area (Å²) in [6, 6.07) is 4.89. The maximum atomic E-state index is 12.1. The van der Waals surface area contributed by atoms with Crippen molar-refractivity contribution in [1.29, 1.82) is 0 Å². The summed E-state index contributed by atoms with van der Waals surface area (Å²) in [5, 5.41) is 14.4. The number of nitrogens with two attached hydrogens (primary N) is 1. The summed E-state index contributed by atoms with van der Waals surface area (Å²) in [6.45, 7) is 7.18. The Bertz CT molecular complexity index is 936. The van der Waals surface area contributed by atoms with Crippen LogP contribution in [-0.4, -0.2) is 46.3 Å². The molecule has 0 bridgehead atoms. The van der Waals surface area contributed by atoms with Crippen LogP contribution in [0.25, 0.3) is 10.8 Å². The van der Waals surface area contributed by atoms with Crippen molar-refractivity contribution in [2.24, 2.45) is 11.7 Å². The van der Waals surface area contributed by atoms with Crippen LogP contribution in [0.4, 0.5) is 0 Å². The number of pyridine rings is 1. The predicted octanol–water partition coefficient (Wildman–Crippen LogP) is 1.78. The van der Waals surface area contributed by atoms with Gasteiger partial charge in [-0.3, -0.25) is 9.59 Å². The molecular formula is C21H27N3O5. The minimum Gasteiger partial charge on any atom is -0.490 e. The molecule has 2 atom stereocenters.